The first-order valence-corrected chi connectivity index (χ1v) is 9.43. The van der Waals surface area contributed by atoms with E-state index in [0.29, 0.717) is 50.5 Å². The first-order valence-electron chi connectivity index (χ1n) is 9.43. The topological polar surface area (TPSA) is 90.1 Å². The second-order valence-corrected chi connectivity index (χ2v) is 7.73. The number of aliphatic hydroxyl groups is 1. The van der Waals surface area contributed by atoms with Crippen LogP contribution in [0.15, 0.2) is 10.8 Å². The first-order chi connectivity index (χ1) is 12.5. The predicted octanol–water partition coefficient (Wildman–Crippen LogP) is 1.10. The van der Waals surface area contributed by atoms with E-state index >= 15 is 0 Å². The normalized spacial score (nSPS) is 29.0. The second-order valence-electron chi connectivity index (χ2n) is 7.73. The number of likely N-dealkylation sites (tertiary alicyclic amines) is 3. The van der Waals surface area contributed by atoms with Crippen molar-refractivity contribution in [2.45, 2.75) is 38.2 Å². The highest BCUT2D eigenvalue weighted by Crippen LogP contribution is 2.36. The van der Waals surface area contributed by atoms with Crippen molar-refractivity contribution >= 4 is 11.9 Å². The molecule has 26 heavy (non-hydrogen) atoms. The highest BCUT2D eigenvalue weighted by atomic mass is 16.3. The van der Waals surface area contributed by atoms with Crippen molar-refractivity contribution in [3.8, 4) is 0 Å². The van der Waals surface area contributed by atoms with Crippen LogP contribution in [-0.4, -0.2) is 81.6 Å². The zero-order valence-corrected chi connectivity index (χ0v) is 15.2. The Morgan fingerprint density at radius 3 is 2.42 bits per heavy atom. The van der Waals surface area contributed by atoms with Gasteiger partial charge in [-0.05, 0) is 32.6 Å². The van der Waals surface area contributed by atoms with Crippen LogP contribution in [0.2, 0.25) is 0 Å². The molecule has 0 bridgehead atoms. The molecule has 142 valence electrons. The SMILES string of the molecule is Cc1ocnc1C(=O)N1CC[C@@]2(O)CCN(C(=O)N3CCCC3)C[C@H]2C1. The summed E-state index contributed by atoms with van der Waals surface area (Å²) in [5.74, 6) is 0.208. The Hall–Kier alpha value is -2.09. The van der Waals surface area contributed by atoms with Gasteiger partial charge in [0.15, 0.2) is 12.1 Å². The van der Waals surface area contributed by atoms with Gasteiger partial charge in [0, 0.05) is 45.2 Å². The molecular formula is C18H26N4O4. The Kier molecular flexibility index (Phi) is 4.38. The summed E-state index contributed by atoms with van der Waals surface area (Å²) in [7, 11) is 0. The second kappa shape index (κ2) is 6.57. The largest absolute Gasteiger partial charge is 0.448 e. The molecule has 4 rings (SSSR count). The molecular weight excluding hydrogens is 336 g/mol. The van der Waals surface area contributed by atoms with Gasteiger partial charge < -0.3 is 24.2 Å². The molecule has 3 saturated heterocycles. The molecule has 4 heterocycles. The molecule has 0 unspecified atom stereocenters. The summed E-state index contributed by atoms with van der Waals surface area (Å²) in [6.07, 6.45) is 4.51. The van der Waals surface area contributed by atoms with Crippen molar-refractivity contribution in [1.29, 1.82) is 0 Å². The van der Waals surface area contributed by atoms with Crippen LogP contribution in [0.4, 0.5) is 4.79 Å². The molecule has 1 N–H and O–H groups in total. The van der Waals surface area contributed by atoms with Crippen LogP contribution < -0.4 is 0 Å². The number of amides is 3. The number of carbonyl (C=O) groups is 2. The van der Waals surface area contributed by atoms with Crippen molar-refractivity contribution in [1.82, 2.24) is 19.7 Å². The molecule has 3 fully saturated rings. The molecule has 1 aromatic heterocycles. The lowest BCUT2D eigenvalue weighted by Gasteiger charge is -2.50. The van der Waals surface area contributed by atoms with Gasteiger partial charge in [0.05, 0.1) is 5.60 Å². The smallest absolute Gasteiger partial charge is 0.320 e. The lowest BCUT2D eigenvalue weighted by Crippen LogP contribution is -2.62. The molecule has 3 aliphatic rings. The molecule has 0 spiro atoms. The van der Waals surface area contributed by atoms with Crippen molar-refractivity contribution in [3.63, 3.8) is 0 Å². The summed E-state index contributed by atoms with van der Waals surface area (Å²) in [6, 6.07) is 0.0698. The minimum absolute atomic E-state index is 0.0698. The van der Waals surface area contributed by atoms with E-state index in [1.807, 2.05) is 9.80 Å². The van der Waals surface area contributed by atoms with Gasteiger partial charge in [-0.1, -0.05) is 0 Å². The third-order valence-electron chi connectivity index (χ3n) is 6.15. The monoisotopic (exact) mass is 362 g/mol. The Morgan fingerprint density at radius 2 is 1.77 bits per heavy atom. The lowest BCUT2D eigenvalue weighted by molar-refractivity contribution is -0.101. The maximum Gasteiger partial charge on any atom is 0.320 e. The minimum atomic E-state index is -0.794. The van der Waals surface area contributed by atoms with Crippen LogP contribution in [0.3, 0.4) is 0 Å². The molecule has 1 aromatic rings. The summed E-state index contributed by atoms with van der Waals surface area (Å²) < 4.78 is 5.14. The van der Waals surface area contributed by atoms with Crippen molar-refractivity contribution in [2.24, 2.45) is 5.92 Å². The zero-order valence-electron chi connectivity index (χ0n) is 15.2. The fourth-order valence-electron chi connectivity index (χ4n) is 4.43. The van der Waals surface area contributed by atoms with Gasteiger partial charge in [-0.15, -0.1) is 0 Å². The number of oxazole rings is 1. The quantitative estimate of drug-likeness (QED) is 0.808. The first kappa shape index (κ1) is 17.3. The third kappa shape index (κ3) is 2.96. The van der Waals surface area contributed by atoms with Crippen molar-refractivity contribution < 1.29 is 19.1 Å². The number of fused-ring (bicyclic) bond motifs is 1. The van der Waals surface area contributed by atoms with E-state index in [1.165, 1.54) is 6.39 Å². The maximum atomic E-state index is 12.7. The van der Waals surface area contributed by atoms with E-state index in [-0.39, 0.29) is 17.9 Å². The van der Waals surface area contributed by atoms with Crippen LogP contribution in [0, 0.1) is 12.8 Å². The third-order valence-corrected chi connectivity index (χ3v) is 6.15. The zero-order chi connectivity index (χ0) is 18.3. The van der Waals surface area contributed by atoms with Crippen molar-refractivity contribution in [3.05, 3.63) is 17.8 Å². The van der Waals surface area contributed by atoms with Gasteiger partial charge in [0.25, 0.3) is 5.91 Å². The fourth-order valence-corrected chi connectivity index (χ4v) is 4.43. The summed E-state index contributed by atoms with van der Waals surface area (Å²) >= 11 is 0. The van der Waals surface area contributed by atoms with Gasteiger partial charge in [-0.2, -0.15) is 0 Å². The van der Waals surface area contributed by atoms with Gasteiger partial charge in [-0.25, -0.2) is 9.78 Å². The number of rotatable bonds is 1. The Bertz CT molecular complexity index is 699. The van der Waals surface area contributed by atoms with Crippen molar-refractivity contribution in [2.75, 3.05) is 39.3 Å². The Morgan fingerprint density at radius 1 is 1.12 bits per heavy atom. The number of carbonyl (C=O) groups excluding carboxylic acids is 2. The molecule has 0 saturated carbocycles. The van der Waals surface area contributed by atoms with E-state index in [4.69, 9.17) is 4.42 Å². The Balaban J connectivity index is 1.45. The highest BCUT2D eigenvalue weighted by molar-refractivity contribution is 5.93. The van der Waals surface area contributed by atoms with Crippen LogP contribution in [0.5, 0.6) is 0 Å². The van der Waals surface area contributed by atoms with E-state index < -0.39 is 5.60 Å². The summed E-state index contributed by atoms with van der Waals surface area (Å²) in [5, 5.41) is 11.0. The summed E-state index contributed by atoms with van der Waals surface area (Å²) in [6.45, 7) is 5.37. The average Bonchev–Trinajstić information content (AvgIpc) is 3.31. The number of aromatic nitrogens is 1. The highest BCUT2D eigenvalue weighted by Gasteiger charge is 2.47. The standard InChI is InChI=1S/C18H26N4O4/c1-13-15(19-12-26-13)16(23)21-8-4-18(25)5-9-22(11-14(18)10-21)17(24)20-6-2-3-7-20/h12,14,25H,2-11H2,1H3/t14-,18-/m1/s1. The molecule has 8 heteroatoms. The van der Waals surface area contributed by atoms with E-state index in [0.717, 1.165) is 25.9 Å². The van der Waals surface area contributed by atoms with E-state index in [9.17, 15) is 14.7 Å². The summed E-state index contributed by atoms with van der Waals surface area (Å²) in [5.41, 5.74) is -0.464. The van der Waals surface area contributed by atoms with Gasteiger partial charge in [0.2, 0.25) is 0 Å². The van der Waals surface area contributed by atoms with Gasteiger partial charge in [-0.3, -0.25) is 4.79 Å². The number of nitrogens with zero attached hydrogens (tertiary/aromatic N) is 4. The number of piperidine rings is 2. The van der Waals surface area contributed by atoms with Gasteiger partial charge in [0.1, 0.15) is 5.76 Å². The van der Waals surface area contributed by atoms with Crippen LogP contribution in [-0.2, 0) is 0 Å². The number of urea groups is 1. The summed E-state index contributed by atoms with van der Waals surface area (Å²) in [4.78, 5) is 34.9. The molecule has 0 aliphatic carbocycles. The molecule has 0 radical (unpaired) electrons. The van der Waals surface area contributed by atoms with Crippen LogP contribution in [0.1, 0.15) is 41.9 Å². The van der Waals surface area contributed by atoms with E-state index in [1.54, 1.807) is 11.8 Å². The van der Waals surface area contributed by atoms with E-state index in [2.05, 4.69) is 4.98 Å². The molecule has 0 aromatic carbocycles. The number of hydrogen-bond acceptors (Lipinski definition) is 5. The van der Waals surface area contributed by atoms with Crippen LogP contribution in [0.25, 0.3) is 0 Å². The van der Waals surface area contributed by atoms with Crippen LogP contribution >= 0.6 is 0 Å². The molecule has 3 aliphatic heterocycles. The molecule has 8 nitrogen and oxygen atoms in total. The maximum absolute atomic E-state index is 12.7. The Labute approximate surface area is 152 Å². The van der Waals surface area contributed by atoms with Gasteiger partial charge >= 0.3 is 6.03 Å². The predicted molar refractivity (Wildman–Crippen MR) is 92.6 cm³/mol. The average molecular weight is 362 g/mol. The number of hydrogen-bond donors (Lipinski definition) is 1. The lowest BCUT2D eigenvalue weighted by atomic mass is 9.75. The molecule has 2 atom stereocenters. The minimum Gasteiger partial charge on any atom is -0.448 e. The number of aryl methyl sites for hydroxylation is 1. The fraction of sp³-hybridized carbons (Fsp3) is 0.722. The molecule has 3 amide bonds.